The van der Waals surface area contributed by atoms with E-state index < -0.39 is 12.0 Å². The first-order valence-corrected chi connectivity index (χ1v) is 5.68. The van der Waals surface area contributed by atoms with Crippen LogP contribution < -0.4 is 5.32 Å². The number of aromatic nitrogens is 2. The van der Waals surface area contributed by atoms with E-state index in [1.807, 2.05) is 13.8 Å². The quantitative estimate of drug-likeness (QED) is 0.783. The fourth-order valence-corrected chi connectivity index (χ4v) is 1.49. The third-order valence-corrected chi connectivity index (χ3v) is 2.32. The summed E-state index contributed by atoms with van der Waals surface area (Å²) < 4.78 is 4.67. The van der Waals surface area contributed by atoms with Gasteiger partial charge < -0.3 is 10.1 Å². The molecule has 0 aliphatic carbocycles. The van der Waals surface area contributed by atoms with Gasteiger partial charge in [-0.05, 0) is 12.3 Å². The molecule has 1 heterocycles. The zero-order valence-electron chi connectivity index (χ0n) is 10.7. The molecule has 0 aromatic carbocycles. The molecule has 0 aliphatic rings. The summed E-state index contributed by atoms with van der Waals surface area (Å²) in [6.45, 7) is 3.93. The van der Waals surface area contributed by atoms with Crippen LogP contribution in [0, 0.1) is 5.92 Å². The van der Waals surface area contributed by atoms with Gasteiger partial charge >= 0.3 is 5.97 Å². The molecular formula is C12H17N3O3. The van der Waals surface area contributed by atoms with Crippen molar-refractivity contribution in [3.05, 3.63) is 24.3 Å². The number of nitrogens with zero attached hydrogens (tertiary/aromatic N) is 2. The van der Waals surface area contributed by atoms with E-state index in [4.69, 9.17) is 0 Å². The predicted octanol–water partition coefficient (Wildman–Crippen LogP) is 0.794. The van der Waals surface area contributed by atoms with Gasteiger partial charge in [0, 0.05) is 12.4 Å². The molecule has 6 heteroatoms. The summed E-state index contributed by atoms with van der Waals surface area (Å²) in [6.07, 6.45) is 4.65. The van der Waals surface area contributed by atoms with E-state index in [2.05, 4.69) is 20.0 Å². The molecule has 0 saturated heterocycles. The van der Waals surface area contributed by atoms with Gasteiger partial charge in [0.1, 0.15) is 12.4 Å². The van der Waals surface area contributed by atoms with Crippen LogP contribution in [0.4, 0.5) is 0 Å². The lowest BCUT2D eigenvalue weighted by molar-refractivity contribution is -0.143. The Kier molecular flexibility index (Phi) is 5.23. The number of hydrogen-bond donors (Lipinski definition) is 1. The minimum Gasteiger partial charge on any atom is -0.467 e. The van der Waals surface area contributed by atoms with Crippen LogP contribution in [0.25, 0.3) is 0 Å². The zero-order chi connectivity index (χ0) is 13.5. The van der Waals surface area contributed by atoms with Crippen molar-refractivity contribution < 1.29 is 14.3 Å². The summed E-state index contributed by atoms with van der Waals surface area (Å²) in [4.78, 5) is 30.9. The minimum absolute atomic E-state index is 0.265. The summed E-state index contributed by atoms with van der Waals surface area (Å²) in [5.74, 6) is -0.568. The van der Waals surface area contributed by atoms with Gasteiger partial charge in [-0.3, -0.25) is 4.79 Å². The smallest absolute Gasteiger partial charge is 0.328 e. The van der Waals surface area contributed by atoms with E-state index in [0.29, 0.717) is 12.0 Å². The van der Waals surface area contributed by atoms with E-state index in [0.717, 1.165) is 0 Å². The van der Waals surface area contributed by atoms with Gasteiger partial charge in [-0.1, -0.05) is 13.8 Å². The molecule has 1 atom stereocenters. The Morgan fingerprint density at radius 2 is 1.94 bits per heavy atom. The van der Waals surface area contributed by atoms with Gasteiger partial charge in [0.15, 0.2) is 0 Å². The van der Waals surface area contributed by atoms with Crippen LogP contribution in [0.3, 0.4) is 0 Å². The van der Waals surface area contributed by atoms with Crippen LogP contribution in [-0.4, -0.2) is 35.0 Å². The summed E-state index contributed by atoms with van der Waals surface area (Å²) >= 11 is 0. The summed E-state index contributed by atoms with van der Waals surface area (Å²) in [6, 6.07) is -0.650. The summed E-state index contributed by atoms with van der Waals surface area (Å²) in [5.41, 5.74) is 0.315. The lowest BCUT2D eigenvalue weighted by Gasteiger charge is -2.18. The molecule has 18 heavy (non-hydrogen) atoms. The molecule has 0 spiro atoms. The highest BCUT2D eigenvalue weighted by molar-refractivity contribution is 5.96. The number of hydrogen-bond acceptors (Lipinski definition) is 5. The molecule has 6 nitrogen and oxygen atoms in total. The van der Waals surface area contributed by atoms with Crippen molar-refractivity contribution in [2.45, 2.75) is 26.3 Å². The molecule has 1 unspecified atom stereocenters. The normalized spacial score (nSPS) is 12.0. The monoisotopic (exact) mass is 251 g/mol. The third kappa shape index (κ3) is 4.12. The molecule has 1 aromatic heterocycles. The van der Waals surface area contributed by atoms with Gasteiger partial charge in [-0.15, -0.1) is 0 Å². The molecule has 1 N–H and O–H groups in total. The Morgan fingerprint density at radius 3 is 2.44 bits per heavy atom. The van der Waals surface area contributed by atoms with Crippen LogP contribution in [0.15, 0.2) is 18.7 Å². The second-order valence-corrected chi connectivity index (χ2v) is 4.31. The van der Waals surface area contributed by atoms with Crippen molar-refractivity contribution in [1.29, 1.82) is 0 Å². The number of nitrogens with one attached hydrogen (secondary N) is 1. The minimum atomic E-state index is -0.650. The molecule has 0 fully saturated rings. The number of methoxy groups -OCH3 is 1. The van der Waals surface area contributed by atoms with E-state index in [9.17, 15) is 9.59 Å². The first-order valence-electron chi connectivity index (χ1n) is 5.68. The largest absolute Gasteiger partial charge is 0.467 e. The van der Waals surface area contributed by atoms with E-state index >= 15 is 0 Å². The molecule has 1 rings (SSSR count). The Balaban J connectivity index is 2.71. The second-order valence-electron chi connectivity index (χ2n) is 4.31. The molecule has 0 aliphatic heterocycles. The standard InChI is InChI=1S/C12H17N3O3/c1-8(2)4-10(12(17)18-3)15-11(16)9-5-13-7-14-6-9/h5-8,10H,4H2,1-3H3,(H,15,16). The number of esters is 1. The van der Waals surface area contributed by atoms with Crippen molar-refractivity contribution in [2.24, 2.45) is 5.92 Å². The molecule has 0 saturated carbocycles. The van der Waals surface area contributed by atoms with Crippen LogP contribution in [-0.2, 0) is 9.53 Å². The maximum absolute atomic E-state index is 11.9. The van der Waals surface area contributed by atoms with Crippen LogP contribution in [0.2, 0.25) is 0 Å². The molecular weight excluding hydrogens is 234 g/mol. The summed E-state index contributed by atoms with van der Waals surface area (Å²) in [5, 5.41) is 2.62. The Morgan fingerprint density at radius 1 is 1.33 bits per heavy atom. The number of carbonyl (C=O) groups is 2. The van der Waals surface area contributed by atoms with E-state index in [1.165, 1.54) is 25.8 Å². The fourth-order valence-electron chi connectivity index (χ4n) is 1.49. The topological polar surface area (TPSA) is 81.2 Å². The maximum atomic E-state index is 11.9. The number of carbonyl (C=O) groups excluding carboxylic acids is 2. The third-order valence-electron chi connectivity index (χ3n) is 2.32. The Hall–Kier alpha value is -1.98. The first-order chi connectivity index (χ1) is 8.54. The van der Waals surface area contributed by atoms with Crippen LogP contribution in [0.5, 0.6) is 0 Å². The Labute approximate surface area is 106 Å². The zero-order valence-corrected chi connectivity index (χ0v) is 10.7. The highest BCUT2D eigenvalue weighted by atomic mass is 16.5. The number of amides is 1. The maximum Gasteiger partial charge on any atom is 0.328 e. The average Bonchev–Trinajstić information content (AvgIpc) is 2.37. The average molecular weight is 251 g/mol. The van der Waals surface area contributed by atoms with Crippen molar-refractivity contribution in [2.75, 3.05) is 7.11 Å². The van der Waals surface area contributed by atoms with Crippen molar-refractivity contribution in [1.82, 2.24) is 15.3 Å². The van der Waals surface area contributed by atoms with Gasteiger partial charge in [-0.25, -0.2) is 14.8 Å². The SMILES string of the molecule is COC(=O)C(CC(C)C)NC(=O)c1cncnc1. The number of ether oxygens (including phenoxy) is 1. The van der Waals surface area contributed by atoms with Crippen LogP contribution in [0.1, 0.15) is 30.6 Å². The van der Waals surface area contributed by atoms with Gasteiger partial charge in [-0.2, -0.15) is 0 Å². The van der Waals surface area contributed by atoms with Gasteiger partial charge in [0.25, 0.3) is 5.91 Å². The molecule has 1 amide bonds. The molecule has 1 aromatic rings. The van der Waals surface area contributed by atoms with Crippen LogP contribution >= 0.6 is 0 Å². The predicted molar refractivity (Wildman–Crippen MR) is 64.8 cm³/mol. The van der Waals surface area contributed by atoms with Crippen molar-refractivity contribution in [3.8, 4) is 0 Å². The Bertz CT molecular complexity index is 406. The van der Waals surface area contributed by atoms with Crippen molar-refractivity contribution in [3.63, 3.8) is 0 Å². The fraction of sp³-hybridized carbons (Fsp3) is 0.500. The summed E-state index contributed by atoms with van der Waals surface area (Å²) in [7, 11) is 1.30. The molecule has 98 valence electrons. The van der Waals surface area contributed by atoms with Gasteiger partial charge in [0.05, 0.1) is 12.7 Å². The van der Waals surface area contributed by atoms with Crippen molar-refractivity contribution >= 4 is 11.9 Å². The van der Waals surface area contributed by atoms with E-state index in [1.54, 1.807) is 0 Å². The highest BCUT2D eigenvalue weighted by Crippen LogP contribution is 2.07. The lowest BCUT2D eigenvalue weighted by Crippen LogP contribution is -2.42. The molecule has 0 radical (unpaired) electrons. The first kappa shape index (κ1) is 14.1. The van der Waals surface area contributed by atoms with E-state index in [-0.39, 0.29) is 11.8 Å². The second kappa shape index (κ2) is 6.68. The lowest BCUT2D eigenvalue weighted by atomic mass is 10.0. The molecule has 0 bridgehead atoms. The van der Waals surface area contributed by atoms with Gasteiger partial charge in [0.2, 0.25) is 0 Å². The highest BCUT2D eigenvalue weighted by Gasteiger charge is 2.23. The number of rotatable bonds is 5.